The van der Waals surface area contributed by atoms with Gasteiger partial charge in [0.1, 0.15) is 16.9 Å². The minimum absolute atomic E-state index is 0.0304. The molecule has 1 heterocycles. The molecule has 0 radical (unpaired) electrons. The van der Waals surface area contributed by atoms with Gasteiger partial charge in [0.25, 0.3) is 0 Å². The molecule has 8 nitrogen and oxygen atoms in total. The molecule has 2 amide bonds. The summed E-state index contributed by atoms with van der Waals surface area (Å²) in [4.78, 5) is 25.4. The van der Waals surface area contributed by atoms with Crippen LogP contribution in [0.15, 0.2) is 46.7 Å². The molecular weight excluding hydrogens is 414 g/mol. The number of sulfonamides is 1. The second-order valence-corrected chi connectivity index (χ2v) is 9.51. The first-order chi connectivity index (χ1) is 13.7. The molecule has 1 aromatic heterocycles. The Labute approximate surface area is 174 Å². The molecule has 2 rings (SSSR count). The van der Waals surface area contributed by atoms with Gasteiger partial charge in [-0.05, 0) is 23.6 Å². The van der Waals surface area contributed by atoms with Gasteiger partial charge >= 0.3 is 6.09 Å². The first-order valence-electron chi connectivity index (χ1n) is 9.07. The van der Waals surface area contributed by atoms with E-state index in [2.05, 4.69) is 10.6 Å². The van der Waals surface area contributed by atoms with Gasteiger partial charge in [-0.1, -0.05) is 50.6 Å². The van der Waals surface area contributed by atoms with Crippen LogP contribution in [0.25, 0.3) is 0 Å². The molecule has 1 aromatic carbocycles. The van der Waals surface area contributed by atoms with Crippen LogP contribution in [0.1, 0.15) is 30.7 Å². The summed E-state index contributed by atoms with van der Waals surface area (Å²) in [5.74, 6) is -0.496. The Kier molecular flexibility index (Phi) is 8.18. The zero-order chi connectivity index (χ0) is 21.4. The number of rotatable bonds is 9. The number of carbonyl (C=O) groups excluding carboxylic acids is 2. The molecule has 0 saturated heterocycles. The molecule has 29 heavy (non-hydrogen) atoms. The van der Waals surface area contributed by atoms with Crippen molar-refractivity contribution in [3.05, 3.63) is 52.9 Å². The van der Waals surface area contributed by atoms with Gasteiger partial charge in [-0.2, -0.15) is 0 Å². The summed E-state index contributed by atoms with van der Waals surface area (Å²) in [6, 6.07) is 11.4. The summed E-state index contributed by atoms with van der Waals surface area (Å²) < 4.78 is 27.9. The van der Waals surface area contributed by atoms with Gasteiger partial charge in [0.15, 0.2) is 0 Å². The average molecular weight is 440 g/mol. The minimum Gasteiger partial charge on any atom is -0.445 e. The number of alkyl carbamates (subject to hydrolysis) is 1. The highest BCUT2D eigenvalue weighted by molar-refractivity contribution is 7.91. The molecule has 2 aromatic rings. The van der Waals surface area contributed by atoms with Gasteiger partial charge in [-0.3, -0.25) is 4.79 Å². The number of hydrogen-bond donors (Lipinski definition) is 3. The number of nitrogens with two attached hydrogens (primary N) is 1. The topological polar surface area (TPSA) is 128 Å². The van der Waals surface area contributed by atoms with E-state index in [9.17, 15) is 18.0 Å². The molecule has 0 aliphatic rings. The molecule has 2 atom stereocenters. The van der Waals surface area contributed by atoms with E-state index in [4.69, 9.17) is 9.88 Å². The summed E-state index contributed by atoms with van der Waals surface area (Å²) in [5.41, 5.74) is 0.843. The SMILES string of the molecule is CC[C@H](C)[C@H](NC(=O)OCc1ccccc1)C(=O)NCc1ccc(S(N)(=O)=O)s1. The summed E-state index contributed by atoms with van der Waals surface area (Å²) >= 11 is 0.988. The number of carbonyl (C=O) groups is 2. The van der Waals surface area contributed by atoms with Gasteiger partial charge < -0.3 is 15.4 Å². The van der Waals surface area contributed by atoms with Crippen LogP contribution in [-0.2, 0) is 32.7 Å². The van der Waals surface area contributed by atoms with Crippen LogP contribution in [-0.4, -0.2) is 26.5 Å². The fraction of sp³-hybridized carbons (Fsp3) is 0.368. The van der Waals surface area contributed by atoms with E-state index in [1.807, 2.05) is 44.2 Å². The van der Waals surface area contributed by atoms with E-state index in [-0.39, 0.29) is 29.2 Å². The highest BCUT2D eigenvalue weighted by Gasteiger charge is 2.26. The molecule has 10 heteroatoms. The zero-order valence-corrected chi connectivity index (χ0v) is 17.9. The molecule has 158 valence electrons. The maximum atomic E-state index is 12.6. The van der Waals surface area contributed by atoms with Crippen molar-refractivity contribution in [2.24, 2.45) is 11.1 Å². The van der Waals surface area contributed by atoms with Crippen molar-refractivity contribution in [1.82, 2.24) is 10.6 Å². The minimum atomic E-state index is -3.77. The second kappa shape index (κ2) is 10.4. The Morgan fingerprint density at radius 3 is 2.45 bits per heavy atom. The molecule has 0 unspecified atom stereocenters. The molecule has 0 spiro atoms. The van der Waals surface area contributed by atoms with Crippen LogP contribution in [0.4, 0.5) is 4.79 Å². The third-order valence-corrected chi connectivity index (χ3v) is 6.86. The Morgan fingerprint density at radius 2 is 1.86 bits per heavy atom. The number of hydrogen-bond acceptors (Lipinski definition) is 6. The summed E-state index contributed by atoms with van der Waals surface area (Å²) in [6.45, 7) is 4.01. The van der Waals surface area contributed by atoms with Crippen molar-refractivity contribution < 1.29 is 22.7 Å². The fourth-order valence-corrected chi connectivity index (χ4v) is 4.20. The van der Waals surface area contributed by atoms with Crippen molar-refractivity contribution in [2.45, 2.75) is 43.7 Å². The smallest absolute Gasteiger partial charge is 0.408 e. The summed E-state index contributed by atoms with van der Waals surface area (Å²) in [7, 11) is -3.77. The molecule has 0 aliphatic heterocycles. The molecule has 0 saturated carbocycles. The Bertz CT molecular complexity index is 928. The van der Waals surface area contributed by atoms with Crippen LogP contribution in [0.5, 0.6) is 0 Å². The number of amides is 2. The van der Waals surface area contributed by atoms with Gasteiger partial charge in [-0.25, -0.2) is 18.4 Å². The summed E-state index contributed by atoms with van der Waals surface area (Å²) in [5, 5.41) is 10.4. The average Bonchev–Trinajstić information content (AvgIpc) is 3.18. The predicted molar refractivity (Wildman–Crippen MR) is 111 cm³/mol. The standard InChI is InChI=1S/C19H25N3O5S2/c1-3-13(2)17(22-19(24)27-12-14-7-5-4-6-8-14)18(23)21-11-15-9-10-16(28-15)29(20,25)26/h4-10,13,17H,3,11-12H2,1-2H3,(H,21,23)(H,22,24)(H2,20,25,26)/t13-,17-/m0/s1. The van der Waals surface area contributed by atoms with Crippen LogP contribution < -0.4 is 15.8 Å². The van der Waals surface area contributed by atoms with Crippen LogP contribution in [0.3, 0.4) is 0 Å². The maximum absolute atomic E-state index is 12.6. The van der Waals surface area contributed by atoms with Crippen LogP contribution in [0, 0.1) is 5.92 Å². The van der Waals surface area contributed by atoms with E-state index >= 15 is 0 Å². The maximum Gasteiger partial charge on any atom is 0.408 e. The Morgan fingerprint density at radius 1 is 1.17 bits per heavy atom. The van der Waals surface area contributed by atoms with E-state index in [1.54, 1.807) is 6.07 Å². The first kappa shape index (κ1) is 22.9. The fourth-order valence-electron chi connectivity index (χ4n) is 2.48. The lowest BCUT2D eigenvalue weighted by Crippen LogP contribution is -2.50. The molecule has 4 N–H and O–H groups in total. The normalized spacial score (nSPS) is 13.3. The number of primary sulfonamides is 1. The van der Waals surface area contributed by atoms with E-state index in [0.717, 1.165) is 16.9 Å². The lowest BCUT2D eigenvalue weighted by Gasteiger charge is -2.23. The predicted octanol–water partition coefficient (Wildman–Crippen LogP) is 2.35. The monoisotopic (exact) mass is 439 g/mol. The highest BCUT2D eigenvalue weighted by Crippen LogP contribution is 2.20. The van der Waals surface area contributed by atoms with Crippen molar-refractivity contribution in [3.8, 4) is 0 Å². The summed E-state index contributed by atoms with van der Waals surface area (Å²) in [6.07, 6.45) is -0.00652. The quantitative estimate of drug-likeness (QED) is 0.553. The lowest BCUT2D eigenvalue weighted by atomic mass is 9.98. The number of nitrogens with one attached hydrogen (secondary N) is 2. The molecule has 0 aliphatic carbocycles. The largest absolute Gasteiger partial charge is 0.445 e. The highest BCUT2D eigenvalue weighted by atomic mass is 32.2. The Hall–Kier alpha value is -2.43. The Balaban J connectivity index is 1.93. The van der Waals surface area contributed by atoms with Gasteiger partial charge in [0, 0.05) is 4.88 Å². The lowest BCUT2D eigenvalue weighted by molar-refractivity contribution is -0.124. The first-order valence-corrected chi connectivity index (χ1v) is 11.4. The van der Waals surface area contributed by atoms with Crippen molar-refractivity contribution >= 4 is 33.4 Å². The number of benzene rings is 1. The number of thiophene rings is 1. The zero-order valence-electron chi connectivity index (χ0n) is 16.3. The van der Waals surface area contributed by atoms with Crippen LogP contribution >= 0.6 is 11.3 Å². The van der Waals surface area contributed by atoms with Crippen LogP contribution in [0.2, 0.25) is 0 Å². The molecule has 0 bridgehead atoms. The van der Waals surface area contributed by atoms with E-state index in [1.165, 1.54) is 6.07 Å². The number of ether oxygens (including phenoxy) is 1. The van der Waals surface area contributed by atoms with Crippen molar-refractivity contribution in [2.75, 3.05) is 0 Å². The third kappa shape index (κ3) is 7.15. The molecule has 0 fully saturated rings. The van der Waals surface area contributed by atoms with Gasteiger partial charge in [0.05, 0.1) is 6.54 Å². The van der Waals surface area contributed by atoms with E-state index in [0.29, 0.717) is 11.3 Å². The van der Waals surface area contributed by atoms with E-state index < -0.39 is 22.2 Å². The van der Waals surface area contributed by atoms with Gasteiger partial charge in [0.2, 0.25) is 15.9 Å². The second-order valence-electron chi connectivity index (χ2n) is 6.55. The van der Waals surface area contributed by atoms with Gasteiger partial charge in [-0.15, -0.1) is 11.3 Å². The molecular formula is C19H25N3O5S2. The van der Waals surface area contributed by atoms with Crippen molar-refractivity contribution in [3.63, 3.8) is 0 Å². The third-order valence-electron chi connectivity index (χ3n) is 4.34. The van der Waals surface area contributed by atoms with Crippen molar-refractivity contribution in [1.29, 1.82) is 0 Å².